The first-order chi connectivity index (χ1) is 10.6. The second-order valence-electron chi connectivity index (χ2n) is 4.19. The summed E-state index contributed by atoms with van der Waals surface area (Å²) in [6, 6.07) is 8.10. The number of pyridine rings is 1. The zero-order chi connectivity index (χ0) is 15.9. The lowest BCUT2D eigenvalue weighted by atomic mass is 10.2. The Balaban J connectivity index is 2.14. The van der Waals surface area contributed by atoms with E-state index in [0.717, 1.165) is 0 Å². The van der Waals surface area contributed by atoms with Gasteiger partial charge in [-0.2, -0.15) is 0 Å². The normalized spacial score (nSPS) is 9.86. The molecule has 114 valence electrons. The standard InChI is InChI=1S/C14H14N4O3S/c1-2-21-11-5-6-12(13(8-11)18(19)20)17-14(22)16-10-4-3-7-15-9-10/h3-9H,2H2,1H3,(H2,16,17,22). The molecule has 2 rings (SSSR count). The Morgan fingerprint density at radius 3 is 2.86 bits per heavy atom. The van der Waals surface area contributed by atoms with Crippen LogP contribution in [0.4, 0.5) is 17.1 Å². The minimum atomic E-state index is -0.489. The predicted molar refractivity (Wildman–Crippen MR) is 88.3 cm³/mol. The molecule has 0 aliphatic carbocycles. The largest absolute Gasteiger partial charge is 0.494 e. The smallest absolute Gasteiger partial charge is 0.296 e. The SMILES string of the molecule is CCOc1ccc(NC(=S)Nc2cccnc2)c([N+](=O)[O-])c1. The molecule has 1 aromatic carbocycles. The van der Waals surface area contributed by atoms with E-state index < -0.39 is 4.92 Å². The van der Waals surface area contributed by atoms with Crippen LogP contribution in [0.15, 0.2) is 42.7 Å². The van der Waals surface area contributed by atoms with Crippen LogP contribution in [0.3, 0.4) is 0 Å². The van der Waals surface area contributed by atoms with Crippen LogP contribution in [0, 0.1) is 10.1 Å². The molecular weight excluding hydrogens is 304 g/mol. The summed E-state index contributed by atoms with van der Waals surface area (Å²) in [5.74, 6) is 0.436. The van der Waals surface area contributed by atoms with Crippen molar-refractivity contribution in [2.24, 2.45) is 0 Å². The lowest BCUT2D eigenvalue weighted by Gasteiger charge is -2.11. The Bertz CT molecular complexity index is 679. The second kappa shape index (κ2) is 7.32. The molecule has 0 aliphatic rings. The number of thiocarbonyl (C=S) groups is 1. The Morgan fingerprint density at radius 2 is 2.23 bits per heavy atom. The van der Waals surface area contributed by atoms with E-state index in [2.05, 4.69) is 15.6 Å². The van der Waals surface area contributed by atoms with E-state index in [1.807, 2.05) is 6.92 Å². The fourth-order valence-corrected chi connectivity index (χ4v) is 1.97. The number of nitro benzene ring substituents is 1. The van der Waals surface area contributed by atoms with Gasteiger partial charge in [0.2, 0.25) is 0 Å². The molecule has 0 aliphatic heterocycles. The maximum atomic E-state index is 11.2. The average Bonchev–Trinajstić information content (AvgIpc) is 2.49. The molecule has 2 N–H and O–H groups in total. The van der Waals surface area contributed by atoms with Gasteiger partial charge in [0.1, 0.15) is 11.4 Å². The molecule has 0 unspecified atom stereocenters. The monoisotopic (exact) mass is 318 g/mol. The van der Waals surface area contributed by atoms with Crippen LogP contribution in [-0.4, -0.2) is 21.6 Å². The van der Waals surface area contributed by atoms with E-state index in [4.69, 9.17) is 17.0 Å². The van der Waals surface area contributed by atoms with Gasteiger partial charge in [-0.3, -0.25) is 15.1 Å². The van der Waals surface area contributed by atoms with Crippen molar-refractivity contribution in [1.82, 2.24) is 4.98 Å². The maximum Gasteiger partial charge on any atom is 0.296 e. The van der Waals surface area contributed by atoms with Crippen LogP contribution in [-0.2, 0) is 0 Å². The minimum absolute atomic E-state index is 0.110. The molecule has 1 heterocycles. The maximum absolute atomic E-state index is 11.2. The number of hydrogen-bond acceptors (Lipinski definition) is 5. The fourth-order valence-electron chi connectivity index (χ4n) is 1.75. The number of nitrogens with zero attached hydrogens (tertiary/aromatic N) is 2. The number of aromatic nitrogens is 1. The molecule has 0 atom stereocenters. The van der Waals surface area contributed by atoms with Gasteiger partial charge in [0.15, 0.2) is 5.11 Å². The molecule has 0 radical (unpaired) electrons. The van der Waals surface area contributed by atoms with E-state index in [-0.39, 0.29) is 16.5 Å². The molecule has 2 aromatic rings. The summed E-state index contributed by atoms with van der Waals surface area (Å²) < 4.78 is 5.26. The van der Waals surface area contributed by atoms with Crippen molar-refractivity contribution >= 4 is 34.4 Å². The summed E-state index contributed by atoms with van der Waals surface area (Å²) in [5.41, 5.74) is 0.865. The highest BCUT2D eigenvalue weighted by Gasteiger charge is 2.16. The van der Waals surface area contributed by atoms with Crippen molar-refractivity contribution in [3.8, 4) is 5.75 Å². The van der Waals surface area contributed by atoms with Gasteiger partial charge in [-0.25, -0.2) is 0 Å². The van der Waals surface area contributed by atoms with Crippen molar-refractivity contribution in [2.45, 2.75) is 6.92 Å². The quantitative estimate of drug-likeness (QED) is 0.497. The van der Waals surface area contributed by atoms with Gasteiger partial charge in [-0.05, 0) is 43.4 Å². The van der Waals surface area contributed by atoms with Crippen molar-refractivity contribution in [1.29, 1.82) is 0 Å². The molecule has 0 fully saturated rings. The number of nitro groups is 1. The molecule has 22 heavy (non-hydrogen) atoms. The minimum Gasteiger partial charge on any atom is -0.494 e. The third-order valence-electron chi connectivity index (χ3n) is 2.64. The molecule has 7 nitrogen and oxygen atoms in total. The molecule has 8 heteroatoms. The van der Waals surface area contributed by atoms with Crippen LogP contribution in [0.2, 0.25) is 0 Å². The molecule has 0 saturated carbocycles. The van der Waals surface area contributed by atoms with Gasteiger partial charge in [-0.1, -0.05) is 0 Å². The first-order valence-corrected chi connectivity index (χ1v) is 6.90. The number of rotatable bonds is 5. The Morgan fingerprint density at radius 1 is 1.41 bits per heavy atom. The van der Waals surface area contributed by atoms with Crippen LogP contribution in [0.25, 0.3) is 0 Å². The zero-order valence-corrected chi connectivity index (χ0v) is 12.6. The number of anilines is 2. The number of hydrogen-bond donors (Lipinski definition) is 2. The predicted octanol–water partition coefficient (Wildman–Crippen LogP) is 3.20. The van der Waals surface area contributed by atoms with E-state index >= 15 is 0 Å². The molecule has 1 aromatic heterocycles. The van der Waals surface area contributed by atoms with E-state index in [9.17, 15) is 10.1 Å². The van der Waals surface area contributed by atoms with Crippen LogP contribution in [0.5, 0.6) is 5.75 Å². The highest BCUT2D eigenvalue weighted by Crippen LogP contribution is 2.29. The van der Waals surface area contributed by atoms with Gasteiger partial charge in [-0.15, -0.1) is 0 Å². The topological polar surface area (TPSA) is 89.3 Å². The van der Waals surface area contributed by atoms with E-state index in [0.29, 0.717) is 18.0 Å². The highest BCUT2D eigenvalue weighted by molar-refractivity contribution is 7.80. The number of nitrogens with one attached hydrogen (secondary N) is 2. The summed E-state index contributed by atoms with van der Waals surface area (Å²) in [6.07, 6.45) is 3.24. The zero-order valence-electron chi connectivity index (χ0n) is 11.8. The summed E-state index contributed by atoms with van der Waals surface area (Å²) in [5, 5.41) is 17.1. The Kier molecular flexibility index (Phi) is 5.21. The number of benzene rings is 1. The average molecular weight is 318 g/mol. The third-order valence-corrected chi connectivity index (χ3v) is 2.85. The summed E-state index contributed by atoms with van der Waals surface area (Å²) in [6.45, 7) is 2.25. The van der Waals surface area contributed by atoms with E-state index in [1.165, 1.54) is 6.07 Å². The Labute approximate surface area is 132 Å². The van der Waals surface area contributed by atoms with Crippen molar-refractivity contribution < 1.29 is 9.66 Å². The van der Waals surface area contributed by atoms with Crippen molar-refractivity contribution in [2.75, 3.05) is 17.2 Å². The van der Waals surface area contributed by atoms with Gasteiger partial charge in [0.05, 0.1) is 29.5 Å². The fraction of sp³-hybridized carbons (Fsp3) is 0.143. The van der Waals surface area contributed by atoms with E-state index in [1.54, 1.807) is 36.7 Å². The highest BCUT2D eigenvalue weighted by atomic mass is 32.1. The molecule has 0 saturated heterocycles. The number of ether oxygens (including phenoxy) is 1. The lowest BCUT2D eigenvalue weighted by molar-refractivity contribution is -0.384. The van der Waals surface area contributed by atoms with Crippen LogP contribution < -0.4 is 15.4 Å². The molecule has 0 bridgehead atoms. The summed E-state index contributed by atoms with van der Waals surface area (Å²) in [7, 11) is 0. The lowest BCUT2D eigenvalue weighted by Crippen LogP contribution is -2.19. The molecule has 0 spiro atoms. The van der Waals surface area contributed by atoms with Crippen LogP contribution >= 0.6 is 12.2 Å². The van der Waals surface area contributed by atoms with Crippen molar-refractivity contribution in [3.05, 3.63) is 52.8 Å². The first-order valence-electron chi connectivity index (χ1n) is 6.49. The van der Waals surface area contributed by atoms with Gasteiger partial charge in [0, 0.05) is 6.20 Å². The van der Waals surface area contributed by atoms with Crippen LogP contribution in [0.1, 0.15) is 6.92 Å². The summed E-state index contributed by atoms with van der Waals surface area (Å²) >= 11 is 5.14. The summed E-state index contributed by atoms with van der Waals surface area (Å²) in [4.78, 5) is 14.6. The van der Waals surface area contributed by atoms with Gasteiger partial charge >= 0.3 is 0 Å². The molecular formula is C14H14N4O3S. The molecule has 0 amide bonds. The van der Waals surface area contributed by atoms with Crippen molar-refractivity contribution in [3.63, 3.8) is 0 Å². The third kappa shape index (κ3) is 4.13. The van der Waals surface area contributed by atoms with Gasteiger partial charge in [0.25, 0.3) is 5.69 Å². The second-order valence-corrected chi connectivity index (χ2v) is 4.60. The first kappa shape index (κ1) is 15.6. The Hall–Kier alpha value is -2.74. The van der Waals surface area contributed by atoms with Gasteiger partial charge < -0.3 is 15.4 Å².